The third-order valence-corrected chi connectivity index (χ3v) is 4.25. The molecule has 0 radical (unpaired) electrons. The van der Waals surface area contributed by atoms with Gasteiger partial charge >= 0.3 is 0 Å². The third kappa shape index (κ3) is 3.85. The SMILES string of the molecule is CCCC(C(=O)N1CCN(CC2CC2)CC1)C(N)=NO. The molecule has 0 aromatic rings. The molecule has 0 bridgehead atoms. The molecule has 0 spiro atoms. The van der Waals surface area contributed by atoms with Gasteiger partial charge in [0, 0.05) is 32.7 Å². The van der Waals surface area contributed by atoms with Crippen LogP contribution in [0.2, 0.25) is 0 Å². The van der Waals surface area contributed by atoms with Crippen LogP contribution in [-0.4, -0.2) is 59.5 Å². The summed E-state index contributed by atoms with van der Waals surface area (Å²) in [6.45, 7) is 6.57. The number of piperazine rings is 1. The lowest BCUT2D eigenvalue weighted by molar-refractivity contribution is -0.135. The highest BCUT2D eigenvalue weighted by molar-refractivity contribution is 6.02. The Morgan fingerprint density at radius 2 is 2.00 bits per heavy atom. The minimum Gasteiger partial charge on any atom is -0.409 e. The fraction of sp³-hybridized carbons (Fsp3) is 0.857. The Hall–Kier alpha value is -1.30. The summed E-state index contributed by atoms with van der Waals surface area (Å²) in [5.41, 5.74) is 5.65. The van der Waals surface area contributed by atoms with Crippen LogP contribution in [0.1, 0.15) is 32.6 Å². The van der Waals surface area contributed by atoms with E-state index in [1.165, 1.54) is 19.4 Å². The monoisotopic (exact) mass is 282 g/mol. The molecule has 1 aliphatic carbocycles. The van der Waals surface area contributed by atoms with Gasteiger partial charge in [-0.15, -0.1) is 0 Å². The molecular weight excluding hydrogens is 256 g/mol. The molecule has 3 N–H and O–H groups in total. The molecule has 1 unspecified atom stereocenters. The van der Waals surface area contributed by atoms with E-state index in [0.717, 1.165) is 38.5 Å². The van der Waals surface area contributed by atoms with Crippen molar-refractivity contribution >= 4 is 11.7 Å². The van der Waals surface area contributed by atoms with E-state index in [9.17, 15) is 4.79 Å². The first-order valence-corrected chi connectivity index (χ1v) is 7.64. The van der Waals surface area contributed by atoms with Crippen LogP contribution in [0.15, 0.2) is 5.16 Å². The van der Waals surface area contributed by atoms with E-state index < -0.39 is 5.92 Å². The standard InChI is InChI=1S/C14H26N4O2/c1-2-3-12(13(15)16-20)14(19)18-8-6-17(7-9-18)10-11-4-5-11/h11-12,20H,2-10H2,1H3,(H2,15,16). The molecule has 0 aromatic carbocycles. The van der Waals surface area contributed by atoms with E-state index >= 15 is 0 Å². The Bertz CT molecular complexity index is 360. The van der Waals surface area contributed by atoms with E-state index in [1.54, 1.807) is 0 Å². The van der Waals surface area contributed by atoms with Gasteiger partial charge in [-0.05, 0) is 25.2 Å². The molecule has 2 fully saturated rings. The van der Waals surface area contributed by atoms with Crippen LogP contribution in [0.5, 0.6) is 0 Å². The smallest absolute Gasteiger partial charge is 0.233 e. The number of nitrogens with zero attached hydrogens (tertiary/aromatic N) is 3. The highest BCUT2D eigenvalue weighted by Gasteiger charge is 2.31. The van der Waals surface area contributed by atoms with Gasteiger partial charge in [0.25, 0.3) is 0 Å². The zero-order valence-electron chi connectivity index (χ0n) is 12.3. The number of nitrogens with two attached hydrogens (primary N) is 1. The molecule has 20 heavy (non-hydrogen) atoms. The topological polar surface area (TPSA) is 82.2 Å². The maximum absolute atomic E-state index is 12.5. The molecule has 1 heterocycles. The minimum absolute atomic E-state index is 0.00761. The second-order valence-electron chi connectivity index (χ2n) is 5.94. The highest BCUT2D eigenvalue weighted by Crippen LogP contribution is 2.30. The van der Waals surface area contributed by atoms with Crippen molar-refractivity contribution < 1.29 is 10.0 Å². The van der Waals surface area contributed by atoms with E-state index in [4.69, 9.17) is 10.9 Å². The minimum atomic E-state index is -0.472. The summed E-state index contributed by atoms with van der Waals surface area (Å²) < 4.78 is 0. The summed E-state index contributed by atoms with van der Waals surface area (Å²) >= 11 is 0. The Morgan fingerprint density at radius 3 is 2.50 bits per heavy atom. The summed E-state index contributed by atoms with van der Waals surface area (Å²) in [5.74, 6) is 0.465. The normalized spacial score (nSPS) is 22.9. The van der Waals surface area contributed by atoms with E-state index in [2.05, 4.69) is 10.1 Å². The first kappa shape index (κ1) is 15.1. The molecule has 1 saturated heterocycles. The lowest BCUT2D eigenvalue weighted by Crippen LogP contribution is -2.52. The molecule has 1 amide bonds. The molecule has 2 rings (SSSR count). The molecule has 6 nitrogen and oxygen atoms in total. The zero-order chi connectivity index (χ0) is 14.5. The van der Waals surface area contributed by atoms with Crippen molar-refractivity contribution in [3.63, 3.8) is 0 Å². The average molecular weight is 282 g/mol. The van der Waals surface area contributed by atoms with Gasteiger partial charge < -0.3 is 15.8 Å². The van der Waals surface area contributed by atoms with Gasteiger partial charge in [-0.25, -0.2) is 0 Å². The summed E-state index contributed by atoms with van der Waals surface area (Å²) in [6, 6.07) is 0. The van der Waals surface area contributed by atoms with Gasteiger partial charge in [-0.3, -0.25) is 9.69 Å². The number of hydrogen-bond donors (Lipinski definition) is 2. The second kappa shape index (κ2) is 6.92. The number of amides is 1. The van der Waals surface area contributed by atoms with Gasteiger partial charge in [0.1, 0.15) is 0 Å². The molecule has 0 aromatic heterocycles. The lowest BCUT2D eigenvalue weighted by atomic mass is 10.0. The van der Waals surface area contributed by atoms with E-state index in [1.807, 2.05) is 11.8 Å². The zero-order valence-corrected chi connectivity index (χ0v) is 12.3. The summed E-state index contributed by atoms with van der Waals surface area (Å²) in [6.07, 6.45) is 4.20. The number of carbonyl (C=O) groups excluding carboxylic acids is 1. The summed E-state index contributed by atoms with van der Waals surface area (Å²) in [7, 11) is 0. The maximum Gasteiger partial charge on any atom is 0.233 e. The largest absolute Gasteiger partial charge is 0.409 e. The predicted octanol–water partition coefficient (Wildman–Crippen LogP) is 0.703. The van der Waals surface area contributed by atoms with Crippen molar-refractivity contribution in [2.45, 2.75) is 32.6 Å². The maximum atomic E-state index is 12.5. The number of carbonyl (C=O) groups is 1. The molecule has 6 heteroatoms. The average Bonchev–Trinajstić information content (AvgIpc) is 3.28. The van der Waals surface area contributed by atoms with Crippen LogP contribution in [-0.2, 0) is 4.79 Å². The second-order valence-corrected chi connectivity index (χ2v) is 5.94. The quantitative estimate of drug-likeness (QED) is 0.325. The van der Waals surface area contributed by atoms with Crippen molar-refractivity contribution in [2.75, 3.05) is 32.7 Å². The Kier molecular flexibility index (Phi) is 5.23. The molecule has 2 aliphatic rings. The number of rotatable bonds is 6. The summed E-state index contributed by atoms with van der Waals surface area (Å²) in [5, 5.41) is 11.8. The van der Waals surface area contributed by atoms with Crippen molar-refractivity contribution in [1.29, 1.82) is 0 Å². The summed E-state index contributed by atoms with van der Waals surface area (Å²) in [4.78, 5) is 16.8. The molecule has 1 saturated carbocycles. The predicted molar refractivity (Wildman–Crippen MR) is 77.6 cm³/mol. The first-order chi connectivity index (χ1) is 9.65. The van der Waals surface area contributed by atoms with E-state index in [0.29, 0.717) is 6.42 Å². The van der Waals surface area contributed by atoms with Crippen LogP contribution in [0.4, 0.5) is 0 Å². The van der Waals surface area contributed by atoms with Gasteiger partial charge in [-0.2, -0.15) is 0 Å². The number of oxime groups is 1. The third-order valence-electron chi connectivity index (χ3n) is 4.25. The Morgan fingerprint density at radius 1 is 1.35 bits per heavy atom. The van der Waals surface area contributed by atoms with Crippen LogP contribution in [0.3, 0.4) is 0 Å². The van der Waals surface area contributed by atoms with Crippen LogP contribution in [0, 0.1) is 11.8 Å². The number of hydrogen-bond acceptors (Lipinski definition) is 4. The first-order valence-electron chi connectivity index (χ1n) is 7.64. The lowest BCUT2D eigenvalue weighted by Gasteiger charge is -2.36. The highest BCUT2D eigenvalue weighted by atomic mass is 16.4. The van der Waals surface area contributed by atoms with E-state index in [-0.39, 0.29) is 11.7 Å². The molecule has 1 aliphatic heterocycles. The fourth-order valence-corrected chi connectivity index (χ4v) is 2.79. The molecule has 114 valence electrons. The Labute approximate surface area is 120 Å². The van der Waals surface area contributed by atoms with Crippen LogP contribution < -0.4 is 5.73 Å². The molecular formula is C14H26N4O2. The van der Waals surface area contributed by atoms with Crippen molar-refractivity contribution in [1.82, 2.24) is 9.80 Å². The number of amidine groups is 1. The Balaban J connectivity index is 1.85. The molecule has 1 atom stereocenters. The van der Waals surface area contributed by atoms with Crippen LogP contribution in [0.25, 0.3) is 0 Å². The van der Waals surface area contributed by atoms with Gasteiger partial charge in [0.15, 0.2) is 5.84 Å². The fourth-order valence-electron chi connectivity index (χ4n) is 2.79. The van der Waals surface area contributed by atoms with Crippen molar-refractivity contribution in [3.8, 4) is 0 Å². The van der Waals surface area contributed by atoms with Crippen molar-refractivity contribution in [3.05, 3.63) is 0 Å². The van der Waals surface area contributed by atoms with Gasteiger partial charge in [0.05, 0.1) is 5.92 Å². The van der Waals surface area contributed by atoms with Crippen LogP contribution >= 0.6 is 0 Å². The van der Waals surface area contributed by atoms with Crippen molar-refractivity contribution in [2.24, 2.45) is 22.7 Å². The van der Waals surface area contributed by atoms with Gasteiger partial charge in [-0.1, -0.05) is 18.5 Å². The van der Waals surface area contributed by atoms with Gasteiger partial charge in [0.2, 0.25) is 5.91 Å².